The number of hydrogen-bond acceptors (Lipinski definition) is 3. The quantitative estimate of drug-likeness (QED) is 0.602. The van der Waals surface area contributed by atoms with Crippen LogP contribution in [0.15, 0.2) is 0 Å². The maximum atomic E-state index is 10.2. The summed E-state index contributed by atoms with van der Waals surface area (Å²) in [5.41, 5.74) is 0. The molecular weight excluding hydrogens is 124 g/mol. The van der Waals surface area contributed by atoms with E-state index in [1.54, 1.807) is 6.92 Å². The first kappa shape index (κ1) is 7.98. The highest BCUT2D eigenvalue weighted by atomic mass is 32.2. The Morgan fingerprint density at radius 1 is 1.88 bits per heavy atom. The van der Waals surface area contributed by atoms with Crippen molar-refractivity contribution in [2.45, 2.75) is 20.0 Å². The highest BCUT2D eigenvalue weighted by Gasteiger charge is 1.97. The van der Waals surface area contributed by atoms with Gasteiger partial charge in [0.25, 0.3) is 0 Å². The van der Waals surface area contributed by atoms with Crippen LogP contribution >= 0.6 is 11.8 Å². The molecule has 0 aliphatic rings. The zero-order valence-corrected chi connectivity index (χ0v) is 5.86. The normalized spacial score (nSPS) is 13.4. The van der Waals surface area contributed by atoms with Crippen LogP contribution in [0.2, 0.25) is 0 Å². The summed E-state index contributed by atoms with van der Waals surface area (Å²) in [7, 11) is 0. The van der Waals surface area contributed by atoms with E-state index < -0.39 is 0 Å². The molecule has 0 amide bonds. The van der Waals surface area contributed by atoms with Gasteiger partial charge in [-0.2, -0.15) is 0 Å². The van der Waals surface area contributed by atoms with E-state index in [4.69, 9.17) is 5.11 Å². The van der Waals surface area contributed by atoms with E-state index in [-0.39, 0.29) is 11.2 Å². The fourth-order valence-corrected chi connectivity index (χ4v) is 0.714. The molecule has 0 rings (SSSR count). The van der Waals surface area contributed by atoms with E-state index in [1.807, 2.05) is 0 Å². The van der Waals surface area contributed by atoms with Gasteiger partial charge < -0.3 is 5.11 Å². The number of rotatable bonds is 2. The summed E-state index contributed by atoms with van der Waals surface area (Å²) in [4.78, 5) is 10.2. The van der Waals surface area contributed by atoms with Crippen molar-refractivity contribution in [3.8, 4) is 0 Å². The summed E-state index contributed by atoms with van der Waals surface area (Å²) in [6, 6.07) is 0. The average Bonchev–Trinajstić information content (AvgIpc) is 1.61. The van der Waals surface area contributed by atoms with Gasteiger partial charge in [0.05, 0.1) is 6.10 Å². The molecule has 2 nitrogen and oxygen atoms in total. The maximum Gasteiger partial charge on any atom is 0.185 e. The lowest BCUT2D eigenvalue weighted by atomic mass is 10.5. The van der Waals surface area contributed by atoms with Gasteiger partial charge in [-0.1, -0.05) is 11.8 Å². The van der Waals surface area contributed by atoms with Gasteiger partial charge in [0.2, 0.25) is 0 Å². The van der Waals surface area contributed by atoms with E-state index in [1.165, 1.54) is 6.92 Å². The smallest absolute Gasteiger partial charge is 0.185 e. The van der Waals surface area contributed by atoms with Crippen LogP contribution in [0, 0.1) is 0 Å². The van der Waals surface area contributed by atoms with Crippen LogP contribution in [0.3, 0.4) is 0 Å². The molecule has 1 atom stereocenters. The van der Waals surface area contributed by atoms with Crippen LogP contribution < -0.4 is 0 Å². The summed E-state index contributed by atoms with van der Waals surface area (Å²) in [6.07, 6.45) is -0.371. The molecule has 0 radical (unpaired) electrons. The molecule has 48 valence electrons. The van der Waals surface area contributed by atoms with E-state index in [0.717, 1.165) is 11.8 Å². The second kappa shape index (κ2) is 3.92. The fraction of sp³-hybridized carbons (Fsp3) is 0.800. The largest absolute Gasteiger partial charge is 0.393 e. The van der Waals surface area contributed by atoms with E-state index in [9.17, 15) is 4.79 Å². The van der Waals surface area contributed by atoms with Crippen LogP contribution in [0.25, 0.3) is 0 Å². The van der Waals surface area contributed by atoms with Gasteiger partial charge in [0, 0.05) is 12.7 Å². The van der Waals surface area contributed by atoms with Crippen molar-refractivity contribution < 1.29 is 9.90 Å². The SMILES string of the molecule is CC(=O)SC[C@H](C)O. The number of aliphatic hydroxyl groups excluding tert-OH is 1. The number of carbonyl (C=O) groups is 1. The number of thioether (sulfide) groups is 1. The van der Waals surface area contributed by atoms with Crippen LogP contribution in [0.1, 0.15) is 13.8 Å². The number of aliphatic hydroxyl groups is 1. The van der Waals surface area contributed by atoms with E-state index in [2.05, 4.69) is 0 Å². The summed E-state index contributed by atoms with van der Waals surface area (Å²) >= 11 is 1.15. The lowest BCUT2D eigenvalue weighted by Gasteiger charge is -1.97. The zero-order valence-electron chi connectivity index (χ0n) is 5.05. The summed E-state index contributed by atoms with van der Waals surface area (Å²) in [6.45, 7) is 3.16. The lowest BCUT2D eigenvalue weighted by molar-refractivity contribution is -0.109. The van der Waals surface area contributed by atoms with E-state index >= 15 is 0 Å². The van der Waals surface area contributed by atoms with Crippen molar-refractivity contribution in [2.24, 2.45) is 0 Å². The molecular formula is C5H10O2S. The molecule has 0 aromatic rings. The highest BCUT2D eigenvalue weighted by molar-refractivity contribution is 8.13. The molecule has 0 fully saturated rings. The van der Waals surface area contributed by atoms with Gasteiger partial charge in [0.1, 0.15) is 0 Å². The predicted molar refractivity (Wildman–Crippen MR) is 34.8 cm³/mol. The first-order chi connectivity index (χ1) is 3.63. The van der Waals surface area contributed by atoms with Crippen molar-refractivity contribution in [1.29, 1.82) is 0 Å². The predicted octanol–water partition coefficient (Wildman–Crippen LogP) is 0.647. The number of carbonyl (C=O) groups excluding carboxylic acids is 1. The van der Waals surface area contributed by atoms with Gasteiger partial charge in [-0.25, -0.2) is 0 Å². The Bertz CT molecular complexity index is 80.5. The van der Waals surface area contributed by atoms with Gasteiger partial charge in [-0.15, -0.1) is 0 Å². The Labute approximate surface area is 53.3 Å². The Morgan fingerprint density at radius 3 is 2.50 bits per heavy atom. The van der Waals surface area contributed by atoms with Gasteiger partial charge in [-0.05, 0) is 6.92 Å². The zero-order chi connectivity index (χ0) is 6.57. The minimum atomic E-state index is -0.371. The molecule has 3 heteroatoms. The molecule has 0 saturated heterocycles. The van der Waals surface area contributed by atoms with Gasteiger partial charge >= 0.3 is 0 Å². The molecule has 0 aliphatic heterocycles. The number of hydrogen-bond donors (Lipinski definition) is 1. The summed E-state index contributed by atoms with van der Waals surface area (Å²) in [5.74, 6) is 0.509. The fourth-order valence-electron chi connectivity index (χ4n) is 0.238. The summed E-state index contributed by atoms with van der Waals surface area (Å²) in [5, 5.41) is 8.69. The molecule has 0 unspecified atom stereocenters. The van der Waals surface area contributed by atoms with Gasteiger partial charge in [0.15, 0.2) is 5.12 Å². The average molecular weight is 134 g/mol. The van der Waals surface area contributed by atoms with Crippen molar-refractivity contribution in [3.05, 3.63) is 0 Å². The maximum absolute atomic E-state index is 10.2. The second-order valence-corrected chi connectivity index (χ2v) is 2.85. The third kappa shape index (κ3) is 5.98. The van der Waals surface area contributed by atoms with Crippen LogP contribution in [-0.2, 0) is 4.79 Å². The van der Waals surface area contributed by atoms with Crippen LogP contribution in [-0.4, -0.2) is 22.1 Å². The van der Waals surface area contributed by atoms with Crippen molar-refractivity contribution >= 4 is 16.9 Å². The summed E-state index contributed by atoms with van der Waals surface area (Å²) < 4.78 is 0. The monoisotopic (exact) mass is 134 g/mol. The molecule has 0 aromatic heterocycles. The second-order valence-electron chi connectivity index (χ2n) is 1.65. The Kier molecular flexibility index (Phi) is 3.91. The third-order valence-electron chi connectivity index (χ3n) is 0.528. The lowest BCUT2D eigenvalue weighted by Crippen LogP contribution is -2.04. The minimum absolute atomic E-state index is 0.0610. The molecule has 0 spiro atoms. The van der Waals surface area contributed by atoms with Crippen molar-refractivity contribution in [2.75, 3.05) is 5.75 Å². The van der Waals surface area contributed by atoms with Crippen molar-refractivity contribution in [1.82, 2.24) is 0 Å². The van der Waals surface area contributed by atoms with Crippen molar-refractivity contribution in [3.63, 3.8) is 0 Å². The topological polar surface area (TPSA) is 37.3 Å². The van der Waals surface area contributed by atoms with Crippen LogP contribution in [0.4, 0.5) is 0 Å². The Balaban J connectivity index is 3.05. The molecule has 1 N–H and O–H groups in total. The third-order valence-corrected chi connectivity index (χ3v) is 1.58. The molecule has 0 aliphatic carbocycles. The van der Waals surface area contributed by atoms with Crippen LogP contribution in [0.5, 0.6) is 0 Å². The van der Waals surface area contributed by atoms with Gasteiger partial charge in [-0.3, -0.25) is 4.79 Å². The molecule has 0 bridgehead atoms. The minimum Gasteiger partial charge on any atom is -0.393 e. The Hall–Kier alpha value is -0.0200. The molecule has 0 aromatic carbocycles. The first-order valence-electron chi connectivity index (χ1n) is 2.44. The Morgan fingerprint density at radius 2 is 2.38 bits per heavy atom. The standard InChI is InChI=1S/C5H10O2S/c1-4(6)3-8-5(2)7/h4,6H,3H2,1-2H3/t4-/m0/s1. The van der Waals surface area contributed by atoms with E-state index in [0.29, 0.717) is 5.75 Å². The molecule has 0 saturated carbocycles. The molecule has 0 heterocycles. The highest BCUT2D eigenvalue weighted by Crippen LogP contribution is 2.02. The first-order valence-corrected chi connectivity index (χ1v) is 3.43. The molecule has 8 heavy (non-hydrogen) atoms.